The molecule has 0 aromatic rings. The zero-order valence-electron chi connectivity index (χ0n) is 22.9. The molecule has 0 amide bonds. The Labute approximate surface area is 230 Å². The average Bonchev–Trinajstić information content (AvgIpc) is 2.90. The first kappa shape index (κ1) is 35.9. The second-order valence-electron chi connectivity index (χ2n) is 9.91. The molecule has 0 aromatic heterocycles. The number of esters is 2. The van der Waals surface area contributed by atoms with E-state index in [9.17, 15) is 44.6 Å². The minimum absolute atomic E-state index is 0.0947. The first-order chi connectivity index (χ1) is 18.4. The fourth-order valence-electron chi connectivity index (χ4n) is 4.05. The molecule has 13 nitrogen and oxygen atoms in total. The number of ether oxygens (including phenoxy) is 2. The van der Waals surface area contributed by atoms with Gasteiger partial charge < -0.3 is 39.9 Å². The molecule has 6 N–H and O–H groups in total. The summed E-state index contributed by atoms with van der Waals surface area (Å²) in [6, 6.07) is 0. The van der Waals surface area contributed by atoms with Crippen molar-refractivity contribution in [2.24, 2.45) is 0 Å². The van der Waals surface area contributed by atoms with Gasteiger partial charge in [-0.05, 0) is 12.8 Å². The van der Waals surface area contributed by atoms with E-state index in [1.54, 1.807) is 0 Å². The van der Waals surface area contributed by atoms with E-state index in [0.29, 0.717) is 12.8 Å². The zero-order chi connectivity index (χ0) is 29.4. The van der Waals surface area contributed by atoms with Crippen molar-refractivity contribution in [1.29, 1.82) is 0 Å². The van der Waals surface area contributed by atoms with Gasteiger partial charge >= 0.3 is 19.8 Å². The Morgan fingerprint density at radius 2 is 1.15 bits per heavy atom. The predicted molar refractivity (Wildman–Crippen MR) is 138 cm³/mol. The monoisotopic (exact) mass is 586 g/mol. The first-order valence-electron chi connectivity index (χ1n) is 13.8. The van der Waals surface area contributed by atoms with Crippen LogP contribution in [-0.2, 0) is 32.7 Å². The normalized spacial score (nSPS) is 27.5. The molecule has 0 aromatic carbocycles. The summed E-state index contributed by atoms with van der Waals surface area (Å²) in [5.74, 6) is -1.13. The highest BCUT2D eigenvalue weighted by atomic mass is 31.2. The van der Waals surface area contributed by atoms with Crippen LogP contribution in [0.1, 0.15) is 90.9 Å². The molecule has 230 valence electrons. The van der Waals surface area contributed by atoms with Crippen molar-refractivity contribution < 1.29 is 63.1 Å². The zero-order valence-corrected chi connectivity index (χ0v) is 23.8. The molecule has 1 saturated carbocycles. The van der Waals surface area contributed by atoms with Gasteiger partial charge in [-0.15, -0.1) is 0 Å². The van der Waals surface area contributed by atoms with E-state index in [1.165, 1.54) is 0 Å². The van der Waals surface area contributed by atoms with E-state index in [-0.39, 0.29) is 12.8 Å². The highest BCUT2D eigenvalue weighted by Gasteiger charge is 2.51. The largest absolute Gasteiger partial charge is 0.472 e. The molecule has 39 heavy (non-hydrogen) atoms. The van der Waals surface area contributed by atoms with Crippen molar-refractivity contribution in [3.63, 3.8) is 0 Å². The standard InChI is InChI=1S/C25H47O13P/c1-3-5-7-9-11-13-18(26)35-15-17(37-19(27)14-12-10-8-6-4-2)16-36-39(33,34)38-25-23(31)21(29)20(28)22(30)24(25)32/h17,20-25,28-32H,3-16H2,1-2H3,(H,33,34)/t17-,20?,21?,22?,23?,24?,25?/m1/s1. The molecule has 0 radical (unpaired) electrons. The van der Waals surface area contributed by atoms with E-state index in [2.05, 4.69) is 13.8 Å². The Kier molecular flexibility index (Phi) is 17.5. The smallest absolute Gasteiger partial charge is 0.462 e. The molecular weight excluding hydrogens is 539 g/mol. The second kappa shape index (κ2) is 19.1. The van der Waals surface area contributed by atoms with Crippen molar-refractivity contribution >= 4 is 19.8 Å². The van der Waals surface area contributed by atoms with Gasteiger partial charge in [0.05, 0.1) is 6.61 Å². The van der Waals surface area contributed by atoms with Gasteiger partial charge in [0.1, 0.15) is 43.2 Å². The van der Waals surface area contributed by atoms with Crippen molar-refractivity contribution in [1.82, 2.24) is 0 Å². The highest BCUT2D eigenvalue weighted by molar-refractivity contribution is 7.47. The molecule has 1 aliphatic carbocycles. The van der Waals surface area contributed by atoms with Gasteiger partial charge in [-0.3, -0.25) is 18.6 Å². The summed E-state index contributed by atoms with van der Waals surface area (Å²) < 4.78 is 32.6. The van der Waals surface area contributed by atoms with Crippen LogP contribution in [0.3, 0.4) is 0 Å². The molecule has 0 spiro atoms. The lowest BCUT2D eigenvalue weighted by atomic mass is 9.85. The van der Waals surface area contributed by atoms with E-state index in [0.717, 1.165) is 51.4 Å². The molecule has 1 aliphatic rings. The summed E-state index contributed by atoms with van der Waals surface area (Å²) in [5, 5.41) is 49.3. The fourth-order valence-corrected chi connectivity index (χ4v) is 5.02. The molecule has 0 heterocycles. The van der Waals surface area contributed by atoms with Gasteiger partial charge in [0, 0.05) is 12.8 Å². The minimum Gasteiger partial charge on any atom is -0.462 e. The van der Waals surface area contributed by atoms with Crippen LogP contribution in [0.25, 0.3) is 0 Å². The van der Waals surface area contributed by atoms with Gasteiger partial charge in [-0.25, -0.2) is 4.57 Å². The van der Waals surface area contributed by atoms with Crippen molar-refractivity contribution in [2.45, 2.75) is 134 Å². The lowest BCUT2D eigenvalue weighted by Gasteiger charge is -2.41. The van der Waals surface area contributed by atoms with Crippen LogP contribution >= 0.6 is 7.82 Å². The number of hydrogen-bond donors (Lipinski definition) is 6. The predicted octanol–water partition coefficient (Wildman–Crippen LogP) is 1.48. The van der Waals surface area contributed by atoms with Crippen LogP contribution in [0.2, 0.25) is 0 Å². The van der Waals surface area contributed by atoms with Gasteiger partial charge in [-0.2, -0.15) is 0 Å². The molecule has 0 saturated heterocycles. The Morgan fingerprint density at radius 1 is 0.692 bits per heavy atom. The SMILES string of the molecule is CCCCCCCC(=O)OC[C@H](COP(=O)(O)OC1C(O)C(O)C(O)C(O)C1O)OC(=O)CCCCCCC. The van der Waals surface area contributed by atoms with Crippen LogP contribution in [0.5, 0.6) is 0 Å². The average molecular weight is 587 g/mol. The lowest BCUT2D eigenvalue weighted by Crippen LogP contribution is -2.64. The molecule has 1 fully saturated rings. The fraction of sp³-hybridized carbons (Fsp3) is 0.920. The maximum Gasteiger partial charge on any atom is 0.472 e. The summed E-state index contributed by atoms with van der Waals surface area (Å²) in [5.41, 5.74) is 0. The maximum atomic E-state index is 12.5. The lowest BCUT2D eigenvalue weighted by molar-refractivity contribution is -0.220. The highest BCUT2D eigenvalue weighted by Crippen LogP contribution is 2.47. The van der Waals surface area contributed by atoms with Gasteiger partial charge in [0.15, 0.2) is 6.10 Å². The van der Waals surface area contributed by atoms with Gasteiger partial charge in [0.2, 0.25) is 0 Å². The van der Waals surface area contributed by atoms with Crippen molar-refractivity contribution in [3.8, 4) is 0 Å². The quantitative estimate of drug-likeness (QED) is 0.0679. The van der Waals surface area contributed by atoms with Crippen LogP contribution < -0.4 is 0 Å². The summed E-state index contributed by atoms with van der Waals surface area (Å²) >= 11 is 0. The molecule has 1 rings (SSSR count). The Balaban J connectivity index is 2.70. The topological polar surface area (TPSA) is 210 Å². The number of carbonyl (C=O) groups is 2. The molecule has 0 aliphatic heterocycles. The summed E-state index contributed by atoms with van der Waals surface area (Å²) in [6.45, 7) is 2.98. The number of unbranched alkanes of at least 4 members (excludes halogenated alkanes) is 8. The molecule has 5 unspecified atom stereocenters. The number of phosphoric ester groups is 1. The van der Waals surface area contributed by atoms with Gasteiger partial charge in [-0.1, -0.05) is 65.2 Å². The van der Waals surface area contributed by atoms with E-state index in [4.69, 9.17) is 18.5 Å². The number of hydrogen-bond acceptors (Lipinski definition) is 12. The molecule has 0 bridgehead atoms. The third-order valence-electron chi connectivity index (χ3n) is 6.45. The third-order valence-corrected chi connectivity index (χ3v) is 7.43. The van der Waals surface area contributed by atoms with Crippen molar-refractivity contribution in [3.05, 3.63) is 0 Å². The van der Waals surface area contributed by atoms with Crippen molar-refractivity contribution in [2.75, 3.05) is 13.2 Å². The number of aliphatic hydroxyl groups is 5. The maximum absolute atomic E-state index is 12.5. The van der Waals surface area contributed by atoms with Crippen LogP contribution in [0.4, 0.5) is 0 Å². The van der Waals surface area contributed by atoms with Gasteiger partial charge in [0.25, 0.3) is 0 Å². The summed E-state index contributed by atoms with van der Waals surface area (Å²) in [7, 11) is -5.07. The molecule has 14 heteroatoms. The Morgan fingerprint density at radius 3 is 1.67 bits per heavy atom. The third kappa shape index (κ3) is 13.8. The van der Waals surface area contributed by atoms with Crippen LogP contribution in [-0.4, -0.2) is 98.3 Å². The number of phosphoric acid groups is 1. The summed E-state index contributed by atoms with van der Waals surface area (Å²) in [4.78, 5) is 34.5. The summed E-state index contributed by atoms with van der Waals surface area (Å²) in [6.07, 6.45) is -3.78. The van der Waals surface area contributed by atoms with Crippen LogP contribution in [0, 0.1) is 0 Å². The number of rotatable bonds is 20. The minimum atomic E-state index is -5.07. The van der Waals surface area contributed by atoms with E-state index < -0.39 is 75.7 Å². The Bertz CT molecular complexity index is 735. The van der Waals surface area contributed by atoms with Crippen LogP contribution in [0.15, 0.2) is 0 Å². The number of aliphatic hydroxyl groups excluding tert-OH is 5. The Hall–Kier alpha value is -1.15. The molecule has 6 atom stereocenters. The second-order valence-corrected chi connectivity index (χ2v) is 11.3. The molecular formula is C25H47O13P. The van der Waals surface area contributed by atoms with E-state index >= 15 is 0 Å². The van der Waals surface area contributed by atoms with E-state index in [1.807, 2.05) is 0 Å². The number of carbonyl (C=O) groups excluding carboxylic acids is 2. The first-order valence-corrected chi connectivity index (χ1v) is 15.3.